The highest BCUT2D eigenvalue weighted by molar-refractivity contribution is 7.80. The van der Waals surface area contributed by atoms with E-state index >= 15 is 0 Å². The lowest BCUT2D eigenvalue weighted by atomic mass is 10.1. The van der Waals surface area contributed by atoms with Gasteiger partial charge < -0.3 is 10.5 Å². The van der Waals surface area contributed by atoms with E-state index in [1.807, 2.05) is 13.0 Å². The average molecular weight is 252 g/mol. The number of pyridine rings is 1. The number of hydrogen-bond donors (Lipinski definition) is 1. The van der Waals surface area contributed by atoms with Crippen LogP contribution < -0.4 is 10.5 Å². The molecule has 17 heavy (non-hydrogen) atoms. The maximum absolute atomic E-state index is 5.72. The second-order valence-electron chi connectivity index (χ2n) is 4.38. The van der Waals surface area contributed by atoms with Crippen molar-refractivity contribution in [3.63, 3.8) is 0 Å². The molecule has 0 radical (unpaired) electrons. The minimum Gasteiger partial charge on any atom is -0.477 e. The molecule has 4 heteroatoms. The minimum absolute atomic E-state index is 0.341. The molecule has 1 heterocycles. The van der Waals surface area contributed by atoms with Crippen LogP contribution in [0.2, 0.25) is 0 Å². The van der Waals surface area contributed by atoms with Crippen molar-refractivity contribution in [2.75, 3.05) is 6.61 Å². The Labute approximate surface area is 108 Å². The van der Waals surface area contributed by atoms with Crippen molar-refractivity contribution >= 4 is 17.2 Å². The predicted molar refractivity (Wildman–Crippen MR) is 74.4 cm³/mol. The molecule has 1 aromatic rings. The summed E-state index contributed by atoms with van der Waals surface area (Å²) in [5.41, 5.74) is 7.45. The number of aromatic nitrogens is 1. The molecule has 0 amide bonds. The zero-order valence-electron chi connectivity index (χ0n) is 10.7. The van der Waals surface area contributed by atoms with E-state index in [0.29, 0.717) is 23.4 Å². The van der Waals surface area contributed by atoms with E-state index in [0.717, 1.165) is 24.0 Å². The van der Waals surface area contributed by atoms with Gasteiger partial charge in [0.25, 0.3) is 0 Å². The average Bonchev–Trinajstić information content (AvgIpc) is 2.26. The van der Waals surface area contributed by atoms with Crippen molar-refractivity contribution in [3.8, 4) is 5.88 Å². The lowest BCUT2D eigenvalue weighted by molar-refractivity contribution is 0.242. The minimum atomic E-state index is 0.341. The van der Waals surface area contributed by atoms with Gasteiger partial charge in [-0.3, -0.25) is 0 Å². The molecule has 1 atom stereocenters. The van der Waals surface area contributed by atoms with Gasteiger partial charge in [-0.05, 0) is 30.9 Å². The number of ether oxygens (including phenoxy) is 1. The predicted octanol–water partition coefficient (Wildman–Crippen LogP) is 2.84. The normalized spacial score (nSPS) is 12.2. The molecule has 0 aliphatic rings. The van der Waals surface area contributed by atoms with Crippen LogP contribution in [0.1, 0.15) is 37.8 Å². The van der Waals surface area contributed by atoms with Crippen LogP contribution in [0, 0.1) is 12.8 Å². The molecule has 2 N–H and O–H groups in total. The number of thiocarbonyl (C=S) groups is 1. The van der Waals surface area contributed by atoms with Crippen LogP contribution >= 0.6 is 12.2 Å². The Bertz CT molecular complexity index is 393. The third kappa shape index (κ3) is 3.97. The lowest BCUT2D eigenvalue weighted by Crippen LogP contribution is -2.16. The highest BCUT2D eigenvalue weighted by Gasteiger charge is 2.12. The van der Waals surface area contributed by atoms with Gasteiger partial charge in [0.1, 0.15) is 4.99 Å². The fourth-order valence-corrected chi connectivity index (χ4v) is 1.99. The maximum Gasteiger partial charge on any atom is 0.223 e. The van der Waals surface area contributed by atoms with Gasteiger partial charge in [-0.25, -0.2) is 4.98 Å². The molecule has 0 fully saturated rings. The Hall–Kier alpha value is -1.16. The van der Waals surface area contributed by atoms with E-state index in [1.54, 1.807) is 6.20 Å². The van der Waals surface area contributed by atoms with Gasteiger partial charge in [0.15, 0.2) is 0 Å². The van der Waals surface area contributed by atoms with E-state index < -0.39 is 0 Å². The number of hydrogen-bond acceptors (Lipinski definition) is 3. The first-order valence-electron chi connectivity index (χ1n) is 5.94. The van der Waals surface area contributed by atoms with Crippen molar-refractivity contribution in [1.82, 2.24) is 4.98 Å². The van der Waals surface area contributed by atoms with Gasteiger partial charge in [0, 0.05) is 6.20 Å². The molecule has 1 aromatic heterocycles. The SMILES string of the molecule is CCCC(C)COc1nccc(C)c1C(N)=S. The van der Waals surface area contributed by atoms with Gasteiger partial charge in [0.05, 0.1) is 12.2 Å². The molecule has 0 aliphatic carbocycles. The zero-order valence-corrected chi connectivity index (χ0v) is 11.5. The van der Waals surface area contributed by atoms with Crippen molar-refractivity contribution in [3.05, 3.63) is 23.4 Å². The second kappa shape index (κ2) is 6.55. The Morgan fingerprint density at radius 3 is 2.88 bits per heavy atom. The quantitative estimate of drug-likeness (QED) is 0.791. The summed E-state index contributed by atoms with van der Waals surface area (Å²) in [5.74, 6) is 1.07. The van der Waals surface area contributed by atoms with E-state index in [-0.39, 0.29) is 0 Å². The summed E-state index contributed by atoms with van der Waals surface area (Å²) in [7, 11) is 0. The second-order valence-corrected chi connectivity index (χ2v) is 4.82. The first-order valence-corrected chi connectivity index (χ1v) is 6.35. The van der Waals surface area contributed by atoms with Crippen LogP contribution in [0.15, 0.2) is 12.3 Å². The molecule has 0 aliphatic heterocycles. The Morgan fingerprint density at radius 2 is 2.29 bits per heavy atom. The number of nitrogens with two attached hydrogens (primary N) is 1. The third-order valence-electron chi connectivity index (χ3n) is 2.66. The number of rotatable bonds is 6. The number of nitrogens with zero attached hydrogens (tertiary/aromatic N) is 1. The number of aryl methyl sites for hydroxylation is 1. The first-order chi connectivity index (χ1) is 8.06. The standard InChI is InChI=1S/C13H20N2OS/c1-4-5-9(2)8-16-13-11(12(14)17)10(3)6-7-15-13/h6-7,9H,4-5,8H2,1-3H3,(H2,14,17). The summed E-state index contributed by atoms with van der Waals surface area (Å²) in [6.07, 6.45) is 4.03. The topological polar surface area (TPSA) is 48.1 Å². The first kappa shape index (κ1) is 13.9. The Morgan fingerprint density at radius 1 is 1.59 bits per heavy atom. The molecule has 0 saturated carbocycles. The van der Waals surface area contributed by atoms with Gasteiger partial charge in [0.2, 0.25) is 5.88 Å². The fourth-order valence-electron chi connectivity index (χ4n) is 1.74. The zero-order chi connectivity index (χ0) is 12.8. The molecule has 1 unspecified atom stereocenters. The summed E-state index contributed by atoms with van der Waals surface area (Å²) >= 11 is 5.03. The highest BCUT2D eigenvalue weighted by Crippen LogP contribution is 2.20. The largest absolute Gasteiger partial charge is 0.477 e. The van der Waals surface area contributed by atoms with Crippen LogP contribution in [0.5, 0.6) is 5.88 Å². The van der Waals surface area contributed by atoms with E-state index in [9.17, 15) is 0 Å². The molecular weight excluding hydrogens is 232 g/mol. The molecule has 0 aromatic carbocycles. The van der Waals surface area contributed by atoms with Gasteiger partial charge in [-0.2, -0.15) is 0 Å². The van der Waals surface area contributed by atoms with Gasteiger partial charge in [-0.1, -0.05) is 32.5 Å². The third-order valence-corrected chi connectivity index (χ3v) is 2.86. The molecule has 0 saturated heterocycles. The van der Waals surface area contributed by atoms with Gasteiger partial charge >= 0.3 is 0 Å². The lowest BCUT2D eigenvalue weighted by Gasteiger charge is -2.14. The fraction of sp³-hybridized carbons (Fsp3) is 0.538. The van der Waals surface area contributed by atoms with Crippen LogP contribution in [-0.4, -0.2) is 16.6 Å². The van der Waals surface area contributed by atoms with Crippen molar-refractivity contribution < 1.29 is 4.74 Å². The maximum atomic E-state index is 5.72. The van der Waals surface area contributed by atoms with Crippen molar-refractivity contribution in [1.29, 1.82) is 0 Å². The molecule has 0 bridgehead atoms. The summed E-state index contributed by atoms with van der Waals surface area (Å²) in [6.45, 7) is 6.94. The van der Waals surface area contributed by atoms with Crippen molar-refractivity contribution in [2.45, 2.75) is 33.6 Å². The molecular formula is C13H20N2OS. The highest BCUT2D eigenvalue weighted by atomic mass is 32.1. The van der Waals surface area contributed by atoms with E-state index in [2.05, 4.69) is 18.8 Å². The monoisotopic (exact) mass is 252 g/mol. The van der Waals surface area contributed by atoms with E-state index in [4.69, 9.17) is 22.7 Å². The molecule has 3 nitrogen and oxygen atoms in total. The Balaban J connectivity index is 2.77. The van der Waals surface area contributed by atoms with Crippen LogP contribution in [0.3, 0.4) is 0 Å². The van der Waals surface area contributed by atoms with Crippen LogP contribution in [-0.2, 0) is 0 Å². The summed E-state index contributed by atoms with van der Waals surface area (Å²) in [4.78, 5) is 4.54. The smallest absolute Gasteiger partial charge is 0.223 e. The molecule has 0 spiro atoms. The van der Waals surface area contributed by atoms with Crippen LogP contribution in [0.25, 0.3) is 0 Å². The van der Waals surface area contributed by atoms with Crippen molar-refractivity contribution in [2.24, 2.45) is 11.7 Å². The summed E-state index contributed by atoms with van der Waals surface area (Å²) in [5, 5.41) is 0. The van der Waals surface area contributed by atoms with Gasteiger partial charge in [-0.15, -0.1) is 0 Å². The van der Waals surface area contributed by atoms with E-state index in [1.165, 1.54) is 0 Å². The summed E-state index contributed by atoms with van der Waals surface area (Å²) < 4.78 is 5.72. The molecule has 1 rings (SSSR count). The summed E-state index contributed by atoms with van der Waals surface area (Å²) in [6, 6.07) is 1.89. The van der Waals surface area contributed by atoms with Crippen LogP contribution in [0.4, 0.5) is 0 Å². The molecule has 94 valence electrons. The Kier molecular flexibility index (Phi) is 5.35.